The molecule has 4 rings (SSSR count). The van der Waals surface area contributed by atoms with Gasteiger partial charge in [-0.25, -0.2) is 9.37 Å². The number of ether oxygens (including phenoxy) is 1. The molecule has 3 aromatic rings. The molecule has 158 valence electrons. The van der Waals surface area contributed by atoms with Crippen LogP contribution in [0.1, 0.15) is 16.8 Å². The predicted molar refractivity (Wildman–Crippen MR) is 121 cm³/mol. The average Bonchev–Trinajstić information content (AvgIpc) is 3.19. The van der Waals surface area contributed by atoms with Crippen molar-refractivity contribution in [1.82, 2.24) is 9.88 Å². The first-order valence-corrected chi connectivity index (χ1v) is 12.0. The second-order valence-corrected chi connectivity index (χ2v) is 8.93. The van der Waals surface area contributed by atoms with Crippen molar-refractivity contribution >= 4 is 44.4 Å². The maximum atomic E-state index is 13.7. The van der Waals surface area contributed by atoms with E-state index in [-0.39, 0.29) is 11.7 Å². The topological polar surface area (TPSA) is 45.7 Å². The Morgan fingerprint density at radius 2 is 2.07 bits per heavy atom. The summed E-state index contributed by atoms with van der Waals surface area (Å²) in [6, 6.07) is 12.2. The van der Waals surface area contributed by atoms with E-state index in [0.29, 0.717) is 22.8 Å². The summed E-state index contributed by atoms with van der Waals surface area (Å²) < 4.78 is 19.8. The van der Waals surface area contributed by atoms with Crippen LogP contribution in [-0.2, 0) is 4.74 Å². The van der Waals surface area contributed by atoms with Gasteiger partial charge in [0.1, 0.15) is 5.82 Å². The highest BCUT2D eigenvalue weighted by atomic mass is 32.2. The maximum absolute atomic E-state index is 13.7. The van der Waals surface area contributed by atoms with Gasteiger partial charge in [0, 0.05) is 31.1 Å². The van der Waals surface area contributed by atoms with Crippen LogP contribution in [0.5, 0.6) is 0 Å². The number of amides is 1. The van der Waals surface area contributed by atoms with Gasteiger partial charge in [0.15, 0.2) is 5.13 Å². The standard InChI is InChI=1S/C22H24FN3O2S2/c1-29-19-6-3-2-5-17(19)21(27)26(10-4-9-25-11-13-28-14-12-25)22-24-18-8-7-16(23)15-20(18)30-22/h2-3,5-8,15H,4,9-14H2,1H3. The third-order valence-corrected chi connectivity index (χ3v) is 6.95. The van der Waals surface area contributed by atoms with E-state index in [0.717, 1.165) is 48.9 Å². The molecule has 0 spiro atoms. The fraction of sp³-hybridized carbons (Fsp3) is 0.364. The van der Waals surface area contributed by atoms with E-state index in [1.54, 1.807) is 22.7 Å². The molecular weight excluding hydrogens is 421 g/mol. The van der Waals surface area contributed by atoms with Gasteiger partial charge in [-0.1, -0.05) is 23.5 Å². The molecule has 0 atom stereocenters. The highest BCUT2D eigenvalue weighted by Gasteiger charge is 2.23. The Kier molecular flexibility index (Phi) is 6.99. The largest absolute Gasteiger partial charge is 0.379 e. The van der Waals surface area contributed by atoms with Crippen molar-refractivity contribution in [2.24, 2.45) is 0 Å². The van der Waals surface area contributed by atoms with Crippen molar-refractivity contribution in [2.45, 2.75) is 11.3 Å². The number of carbonyl (C=O) groups excluding carboxylic acids is 1. The van der Waals surface area contributed by atoms with Gasteiger partial charge in [-0.15, -0.1) is 11.8 Å². The predicted octanol–water partition coefficient (Wildman–Crippen LogP) is 4.53. The van der Waals surface area contributed by atoms with Gasteiger partial charge in [0.25, 0.3) is 5.91 Å². The van der Waals surface area contributed by atoms with Crippen LogP contribution in [0.2, 0.25) is 0 Å². The molecule has 0 aliphatic carbocycles. The van der Waals surface area contributed by atoms with Crippen molar-refractivity contribution in [1.29, 1.82) is 0 Å². The van der Waals surface area contributed by atoms with E-state index in [9.17, 15) is 9.18 Å². The molecule has 1 amide bonds. The SMILES string of the molecule is CSc1ccccc1C(=O)N(CCCN1CCOCC1)c1nc2ccc(F)cc2s1. The summed E-state index contributed by atoms with van der Waals surface area (Å²) in [4.78, 5) is 23.2. The molecule has 0 radical (unpaired) electrons. The number of morpholine rings is 1. The Morgan fingerprint density at radius 1 is 1.27 bits per heavy atom. The molecule has 1 aromatic heterocycles. The van der Waals surface area contributed by atoms with Crippen LogP contribution in [0.15, 0.2) is 47.4 Å². The number of rotatable bonds is 7. The van der Waals surface area contributed by atoms with Crippen LogP contribution < -0.4 is 4.90 Å². The van der Waals surface area contributed by atoms with Gasteiger partial charge in [-0.05, 0) is 43.0 Å². The Labute approximate surface area is 183 Å². The first kappa shape index (κ1) is 21.2. The number of aromatic nitrogens is 1. The quantitative estimate of drug-likeness (QED) is 0.500. The third kappa shape index (κ3) is 4.83. The van der Waals surface area contributed by atoms with Crippen LogP contribution in [0.4, 0.5) is 9.52 Å². The summed E-state index contributed by atoms with van der Waals surface area (Å²) in [7, 11) is 0. The van der Waals surface area contributed by atoms with Crippen LogP contribution in [0.3, 0.4) is 0 Å². The lowest BCUT2D eigenvalue weighted by Gasteiger charge is -2.28. The molecule has 0 bridgehead atoms. The first-order valence-electron chi connectivity index (χ1n) is 9.97. The summed E-state index contributed by atoms with van der Waals surface area (Å²) >= 11 is 2.91. The first-order chi connectivity index (χ1) is 14.7. The third-order valence-electron chi connectivity index (χ3n) is 5.11. The summed E-state index contributed by atoms with van der Waals surface area (Å²) in [5.74, 6) is -0.364. The van der Waals surface area contributed by atoms with Gasteiger partial charge in [-0.3, -0.25) is 14.6 Å². The van der Waals surface area contributed by atoms with Gasteiger partial charge in [-0.2, -0.15) is 0 Å². The van der Waals surface area contributed by atoms with E-state index in [4.69, 9.17) is 4.74 Å². The minimum Gasteiger partial charge on any atom is -0.379 e. The lowest BCUT2D eigenvalue weighted by Crippen LogP contribution is -2.39. The van der Waals surface area contributed by atoms with E-state index in [1.165, 1.54) is 23.5 Å². The molecule has 30 heavy (non-hydrogen) atoms. The van der Waals surface area contributed by atoms with E-state index >= 15 is 0 Å². The van der Waals surface area contributed by atoms with Gasteiger partial charge in [0.05, 0.1) is 29.0 Å². The molecule has 2 heterocycles. The van der Waals surface area contributed by atoms with E-state index < -0.39 is 0 Å². The number of hydrogen-bond acceptors (Lipinski definition) is 6. The Bertz CT molecular complexity index is 1020. The minimum absolute atomic E-state index is 0.0681. The second kappa shape index (κ2) is 9.87. The molecule has 0 N–H and O–H groups in total. The number of hydrogen-bond donors (Lipinski definition) is 0. The van der Waals surface area contributed by atoms with Gasteiger partial charge >= 0.3 is 0 Å². The van der Waals surface area contributed by atoms with E-state index in [1.807, 2.05) is 30.5 Å². The monoisotopic (exact) mass is 445 g/mol. The van der Waals surface area contributed by atoms with Crippen LogP contribution >= 0.6 is 23.1 Å². The number of thioether (sulfide) groups is 1. The molecule has 5 nitrogen and oxygen atoms in total. The molecule has 0 saturated carbocycles. The zero-order chi connectivity index (χ0) is 20.9. The van der Waals surface area contributed by atoms with Crippen molar-refractivity contribution < 1.29 is 13.9 Å². The number of anilines is 1. The molecule has 1 aliphatic rings. The Morgan fingerprint density at radius 3 is 2.87 bits per heavy atom. The highest BCUT2D eigenvalue weighted by molar-refractivity contribution is 7.98. The number of thiazole rings is 1. The summed E-state index contributed by atoms with van der Waals surface area (Å²) in [6.07, 6.45) is 2.80. The molecular formula is C22H24FN3O2S2. The molecule has 8 heteroatoms. The zero-order valence-corrected chi connectivity index (χ0v) is 18.5. The normalized spacial score (nSPS) is 14.9. The Balaban J connectivity index is 1.60. The highest BCUT2D eigenvalue weighted by Crippen LogP contribution is 2.31. The number of carbonyl (C=O) groups is 1. The zero-order valence-electron chi connectivity index (χ0n) is 16.8. The Hall–Kier alpha value is -2.00. The number of benzene rings is 2. The smallest absolute Gasteiger partial charge is 0.261 e. The lowest BCUT2D eigenvalue weighted by molar-refractivity contribution is 0.0376. The van der Waals surface area contributed by atoms with Gasteiger partial charge < -0.3 is 4.74 Å². The van der Waals surface area contributed by atoms with E-state index in [2.05, 4.69) is 9.88 Å². The summed E-state index contributed by atoms with van der Waals surface area (Å²) in [6.45, 7) is 4.81. The van der Waals surface area contributed by atoms with Crippen LogP contribution in [-0.4, -0.2) is 61.4 Å². The van der Waals surface area contributed by atoms with Crippen molar-refractivity contribution in [2.75, 3.05) is 50.5 Å². The lowest BCUT2D eigenvalue weighted by atomic mass is 10.2. The number of fused-ring (bicyclic) bond motifs is 1. The number of nitrogens with zero attached hydrogens (tertiary/aromatic N) is 3. The maximum Gasteiger partial charge on any atom is 0.261 e. The van der Waals surface area contributed by atoms with Crippen molar-refractivity contribution in [3.8, 4) is 0 Å². The molecule has 1 saturated heterocycles. The average molecular weight is 446 g/mol. The number of halogens is 1. The van der Waals surface area contributed by atoms with Crippen molar-refractivity contribution in [3.63, 3.8) is 0 Å². The molecule has 1 fully saturated rings. The van der Waals surface area contributed by atoms with Gasteiger partial charge in [0.2, 0.25) is 0 Å². The molecule has 0 unspecified atom stereocenters. The minimum atomic E-state index is -0.296. The fourth-order valence-electron chi connectivity index (χ4n) is 3.53. The molecule has 1 aliphatic heterocycles. The van der Waals surface area contributed by atoms with Crippen LogP contribution in [0, 0.1) is 5.82 Å². The van der Waals surface area contributed by atoms with Crippen LogP contribution in [0.25, 0.3) is 10.2 Å². The summed E-state index contributed by atoms with van der Waals surface area (Å²) in [5.41, 5.74) is 1.38. The molecule has 2 aromatic carbocycles. The van der Waals surface area contributed by atoms with Crippen molar-refractivity contribution in [3.05, 3.63) is 53.8 Å². The second-order valence-electron chi connectivity index (χ2n) is 7.07. The summed E-state index contributed by atoms with van der Waals surface area (Å²) in [5, 5.41) is 0.610. The fourth-order valence-corrected chi connectivity index (χ4v) is 5.13.